The van der Waals surface area contributed by atoms with Gasteiger partial charge >= 0.3 is 6.09 Å². The number of hydrogen-bond donors (Lipinski definition) is 5. The molecule has 0 spiro atoms. The standard InChI is InChI=1S/C25H31N3O7/c1-25(2,3)35-24(33)26-19(23(32)27-34)13-21(31)28(14-15-7-6-9-17(29)11-15)22-18-10-5-4-8-16(18)12-20(22)30/h4-11,19-20,22,29-30,34H,12-14H2,1-3H3,(H,26,33)(H,27,32)/t19-,20+,22-/m0/s1. The van der Waals surface area contributed by atoms with Crippen LogP contribution in [0.1, 0.15) is 49.9 Å². The Bertz CT molecular complexity index is 1080. The lowest BCUT2D eigenvalue weighted by molar-refractivity contribution is -0.141. The highest BCUT2D eigenvalue weighted by molar-refractivity contribution is 5.90. The molecule has 0 unspecified atom stereocenters. The van der Waals surface area contributed by atoms with Gasteiger partial charge in [-0.1, -0.05) is 36.4 Å². The lowest BCUT2D eigenvalue weighted by Gasteiger charge is -2.33. The minimum Gasteiger partial charge on any atom is -0.508 e. The zero-order valence-electron chi connectivity index (χ0n) is 19.9. The highest BCUT2D eigenvalue weighted by Crippen LogP contribution is 2.37. The molecule has 0 radical (unpaired) electrons. The number of phenolic OH excluding ortho intramolecular Hbond substituents is 1. The summed E-state index contributed by atoms with van der Waals surface area (Å²) in [7, 11) is 0. The molecule has 5 N–H and O–H groups in total. The third-order valence-corrected chi connectivity index (χ3v) is 5.58. The van der Waals surface area contributed by atoms with E-state index in [2.05, 4.69) is 5.32 Å². The zero-order valence-corrected chi connectivity index (χ0v) is 19.9. The van der Waals surface area contributed by atoms with Crippen molar-refractivity contribution in [1.29, 1.82) is 0 Å². The van der Waals surface area contributed by atoms with Crippen LogP contribution < -0.4 is 10.8 Å². The molecule has 10 heteroatoms. The van der Waals surface area contributed by atoms with Crippen molar-refractivity contribution in [3.05, 3.63) is 65.2 Å². The number of amides is 3. The molecule has 0 saturated carbocycles. The Hall–Kier alpha value is -3.63. The van der Waals surface area contributed by atoms with Gasteiger partial charge in [-0.25, -0.2) is 10.3 Å². The molecule has 35 heavy (non-hydrogen) atoms. The van der Waals surface area contributed by atoms with Gasteiger partial charge in [0.05, 0.1) is 18.6 Å². The number of carbonyl (C=O) groups is 3. The summed E-state index contributed by atoms with van der Waals surface area (Å²) in [6.45, 7) is 4.97. The summed E-state index contributed by atoms with van der Waals surface area (Å²) in [5.41, 5.74) is 2.91. The summed E-state index contributed by atoms with van der Waals surface area (Å²) in [6.07, 6.45) is -1.97. The molecule has 0 bridgehead atoms. The maximum Gasteiger partial charge on any atom is 0.408 e. The number of ether oxygens (including phenoxy) is 1. The molecule has 1 aliphatic carbocycles. The number of carbonyl (C=O) groups excluding carboxylic acids is 3. The van der Waals surface area contributed by atoms with Crippen LogP contribution >= 0.6 is 0 Å². The Kier molecular flexibility index (Phi) is 7.98. The smallest absolute Gasteiger partial charge is 0.408 e. The molecular formula is C25H31N3O7. The van der Waals surface area contributed by atoms with Crippen LogP contribution in [0.25, 0.3) is 0 Å². The fourth-order valence-electron chi connectivity index (χ4n) is 4.15. The second kappa shape index (κ2) is 10.7. The van der Waals surface area contributed by atoms with Gasteiger partial charge in [0.15, 0.2) is 0 Å². The van der Waals surface area contributed by atoms with Gasteiger partial charge in [0.25, 0.3) is 5.91 Å². The van der Waals surface area contributed by atoms with Crippen molar-refractivity contribution in [3.63, 3.8) is 0 Å². The van der Waals surface area contributed by atoms with E-state index in [0.29, 0.717) is 12.0 Å². The Morgan fingerprint density at radius 1 is 1.14 bits per heavy atom. The van der Waals surface area contributed by atoms with Gasteiger partial charge in [-0.05, 0) is 49.6 Å². The van der Waals surface area contributed by atoms with Crippen LogP contribution in [0.5, 0.6) is 5.75 Å². The fourth-order valence-corrected chi connectivity index (χ4v) is 4.15. The molecule has 10 nitrogen and oxygen atoms in total. The first-order valence-corrected chi connectivity index (χ1v) is 11.2. The van der Waals surface area contributed by atoms with Gasteiger partial charge in [0.1, 0.15) is 17.4 Å². The number of benzene rings is 2. The number of alkyl carbamates (subject to hydrolysis) is 1. The number of aromatic hydroxyl groups is 1. The van der Waals surface area contributed by atoms with Gasteiger partial charge in [0.2, 0.25) is 5.91 Å². The van der Waals surface area contributed by atoms with E-state index in [9.17, 15) is 24.6 Å². The predicted molar refractivity (Wildman–Crippen MR) is 125 cm³/mol. The van der Waals surface area contributed by atoms with Crippen LogP contribution in [0, 0.1) is 0 Å². The maximum atomic E-state index is 13.6. The molecule has 3 rings (SSSR count). The van der Waals surface area contributed by atoms with Crippen molar-refractivity contribution in [2.75, 3.05) is 0 Å². The number of rotatable bonds is 7. The number of hydrogen-bond acceptors (Lipinski definition) is 7. The quantitative estimate of drug-likeness (QED) is 0.298. The van der Waals surface area contributed by atoms with Crippen LogP contribution in [-0.2, 0) is 27.3 Å². The van der Waals surface area contributed by atoms with Crippen molar-refractivity contribution in [2.24, 2.45) is 0 Å². The fraction of sp³-hybridized carbons (Fsp3) is 0.400. The molecular weight excluding hydrogens is 454 g/mol. The first-order chi connectivity index (χ1) is 16.5. The van der Waals surface area contributed by atoms with E-state index in [1.807, 2.05) is 24.3 Å². The van der Waals surface area contributed by atoms with E-state index in [4.69, 9.17) is 9.94 Å². The Morgan fingerprint density at radius 3 is 2.51 bits per heavy atom. The normalized spacial score (nSPS) is 17.7. The summed E-state index contributed by atoms with van der Waals surface area (Å²) in [5, 5.41) is 32.2. The van der Waals surface area contributed by atoms with Gasteiger partial charge in [-0.3, -0.25) is 14.8 Å². The number of fused-ring (bicyclic) bond motifs is 1. The molecule has 2 aromatic rings. The third kappa shape index (κ3) is 6.71. The number of nitrogens with one attached hydrogen (secondary N) is 2. The Balaban J connectivity index is 1.90. The van der Waals surface area contributed by atoms with Gasteiger partial charge in [-0.15, -0.1) is 0 Å². The largest absolute Gasteiger partial charge is 0.508 e. The number of hydroxylamine groups is 1. The summed E-state index contributed by atoms with van der Waals surface area (Å²) in [5.74, 6) is -1.53. The van der Waals surface area contributed by atoms with Gasteiger partial charge in [-0.2, -0.15) is 0 Å². The maximum absolute atomic E-state index is 13.6. The van der Waals surface area contributed by atoms with Gasteiger partial charge < -0.3 is 25.2 Å². The van der Waals surface area contributed by atoms with Crippen LogP contribution in [-0.4, -0.2) is 56.0 Å². The minimum absolute atomic E-state index is 0.0198. The molecule has 188 valence electrons. The molecule has 0 aliphatic heterocycles. The SMILES string of the molecule is CC(C)(C)OC(=O)N[C@@H](CC(=O)N(Cc1cccc(O)c1)[C@H]1c2ccccc2C[C@H]1O)C(=O)NO. The number of nitrogens with zero attached hydrogens (tertiary/aromatic N) is 1. The van der Waals surface area contributed by atoms with E-state index in [1.54, 1.807) is 32.9 Å². The van der Waals surface area contributed by atoms with Crippen molar-refractivity contribution in [3.8, 4) is 5.75 Å². The lowest BCUT2D eigenvalue weighted by atomic mass is 10.0. The molecule has 3 atom stereocenters. The Morgan fingerprint density at radius 2 is 1.86 bits per heavy atom. The highest BCUT2D eigenvalue weighted by atomic mass is 16.6. The summed E-state index contributed by atoms with van der Waals surface area (Å²) in [6, 6.07) is 11.6. The number of aliphatic hydroxyl groups is 1. The number of phenols is 1. The second-order valence-electron chi connectivity index (χ2n) is 9.49. The summed E-state index contributed by atoms with van der Waals surface area (Å²) < 4.78 is 5.17. The van der Waals surface area contributed by atoms with Crippen molar-refractivity contribution in [1.82, 2.24) is 15.7 Å². The zero-order chi connectivity index (χ0) is 25.8. The van der Waals surface area contributed by atoms with Crippen LogP contribution in [0.2, 0.25) is 0 Å². The van der Waals surface area contributed by atoms with Crippen molar-refractivity contribution >= 4 is 17.9 Å². The predicted octanol–water partition coefficient (Wildman–Crippen LogP) is 2.17. The van der Waals surface area contributed by atoms with E-state index >= 15 is 0 Å². The van der Waals surface area contributed by atoms with Crippen LogP contribution in [0.3, 0.4) is 0 Å². The highest BCUT2D eigenvalue weighted by Gasteiger charge is 2.39. The monoisotopic (exact) mass is 485 g/mol. The van der Waals surface area contributed by atoms with Crippen molar-refractivity contribution in [2.45, 2.75) is 63.9 Å². The topological polar surface area (TPSA) is 148 Å². The second-order valence-corrected chi connectivity index (χ2v) is 9.49. The molecule has 0 aromatic heterocycles. The van der Waals surface area contributed by atoms with Crippen molar-refractivity contribution < 1.29 is 34.5 Å². The third-order valence-electron chi connectivity index (χ3n) is 5.58. The van der Waals surface area contributed by atoms with E-state index in [-0.39, 0.29) is 12.3 Å². The van der Waals surface area contributed by atoms with E-state index in [0.717, 1.165) is 11.1 Å². The average Bonchev–Trinajstić information content (AvgIpc) is 3.10. The molecule has 0 heterocycles. The van der Waals surface area contributed by atoms with Gasteiger partial charge in [0, 0.05) is 13.0 Å². The summed E-state index contributed by atoms with van der Waals surface area (Å²) >= 11 is 0. The molecule has 3 amide bonds. The van der Waals surface area contributed by atoms with E-state index < -0.39 is 48.1 Å². The minimum atomic E-state index is -1.43. The molecule has 0 saturated heterocycles. The van der Waals surface area contributed by atoms with Crippen LogP contribution in [0.4, 0.5) is 4.79 Å². The van der Waals surface area contributed by atoms with Crippen LogP contribution in [0.15, 0.2) is 48.5 Å². The molecule has 1 aliphatic rings. The first-order valence-electron chi connectivity index (χ1n) is 11.2. The molecule has 0 fully saturated rings. The summed E-state index contributed by atoms with van der Waals surface area (Å²) in [4.78, 5) is 39.5. The number of aliphatic hydroxyl groups excluding tert-OH is 1. The lowest BCUT2D eigenvalue weighted by Crippen LogP contribution is -2.50. The molecule has 2 aromatic carbocycles. The Labute approximate surface area is 203 Å². The first kappa shape index (κ1) is 26.0. The van der Waals surface area contributed by atoms with E-state index in [1.165, 1.54) is 22.5 Å². The average molecular weight is 486 g/mol.